The number of benzene rings is 2. The number of carbonyl (C=O) groups excluding carboxylic acids is 3. The molecule has 1 N–H and O–H groups in total. The number of hydrogen-bond donors (Lipinski definition) is 1. The Morgan fingerprint density at radius 2 is 1.80 bits per heavy atom. The molecule has 30 heavy (non-hydrogen) atoms. The van der Waals surface area contributed by atoms with E-state index >= 15 is 0 Å². The summed E-state index contributed by atoms with van der Waals surface area (Å²) in [5.41, 5.74) is 0.968. The summed E-state index contributed by atoms with van der Waals surface area (Å²) in [6.45, 7) is 0. The highest BCUT2D eigenvalue weighted by Gasteiger charge is 2.51. The minimum atomic E-state index is -1.29. The predicted octanol–water partition coefficient (Wildman–Crippen LogP) is 3.69. The lowest BCUT2D eigenvalue weighted by Crippen LogP contribution is -2.60. The van der Waals surface area contributed by atoms with Crippen LogP contribution in [0.2, 0.25) is 0 Å². The van der Waals surface area contributed by atoms with Gasteiger partial charge in [-0.15, -0.1) is 11.6 Å². The number of halogens is 1. The molecule has 4 atom stereocenters. The van der Waals surface area contributed by atoms with E-state index in [4.69, 9.17) is 21.1 Å². The number of rotatable bonds is 6. The molecule has 1 fully saturated rings. The summed E-state index contributed by atoms with van der Waals surface area (Å²) in [6.07, 6.45) is -0.670. The van der Waals surface area contributed by atoms with Crippen LogP contribution < -0.4 is 5.32 Å². The average molecular weight is 485 g/mol. The van der Waals surface area contributed by atoms with Crippen LogP contribution in [-0.2, 0) is 33.4 Å². The Hall–Kier alpha value is -2.01. The van der Waals surface area contributed by atoms with Crippen molar-refractivity contribution in [2.75, 3.05) is 5.21 Å². The maximum atomic E-state index is 13.4. The summed E-state index contributed by atoms with van der Waals surface area (Å²) in [7, 11) is -2.14. The van der Waals surface area contributed by atoms with Crippen LogP contribution in [0.5, 0.6) is 0 Å². The van der Waals surface area contributed by atoms with E-state index in [0.717, 1.165) is 11.1 Å². The molecule has 2 aliphatic heterocycles. The Labute approximate surface area is 186 Å². The van der Waals surface area contributed by atoms with Crippen LogP contribution in [0.3, 0.4) is 0 Å². The van der Waals surface area contributed by atoms with E-state index in [9.17, 15) is 14.4 Å². The molecule has 158 valence electrons. The Kier molecular flexibility index (Phi) is 6.67. The number of ether oxygens (including phenoxy) is 2. The maximum absolute atomic E-state index is 13.4. The van der Waals surface area contributed by atoms with Crippen molar-refractivity contribution in [2.24, 2.45) is 0 Å². The van der Waals surface area contributed by atoms with E-state index < -0.39 is 46.9 Å². The van der Waals surface area contributed by atoms with Gasteiger partial charge in [-0.3, -0.25) is 4.79 Å². The molecule has 2 aromatic rings. The number of amides is 2. The molecule has 2 aliphatic rings. The first kappa shape index (κ1) is 21.2. The lowest BCUT2D eigenvalue weighted by atomic mass is 10.0. The number of nitrogens with one attached hydrogen (secondary N) is 1. The molecule has 3 unspecified atom stereocenters. The molecule has 4 rings (SSSR count). The second-order valence-electron chi connectivity index (χ2n) is 6.08. The quantitative estimate of drug-likeness (QED) is 0.382. The van der Waals surface area contributed by atoms with Crippen LogP contribution in [0.15, 0.2) is 60.7 Å². The highest BCUT2D eigenvalue weighted by atomic mass is 35.5. The molecule has 7 nitrogen and oxygen atoms in total. The fraction of sp³-hybridized carbons (Fsp3) is 0.211. The number of hydrogen-bond acceptors (Lipinski definition) is 6. The third-order valence-electron chi connectivity index (χ3n) is 4.31. The van der Waals surface area contributed by atoms with Gasteiger partial charge in [0.1, 0.15) is 4.71 Å². The maximum Gasteiger partial charge on any atom is 0.426 e. The number of carbonyl (C=O) groups is 3. The van der Waals surface area contributed by atoms with Crippen LogP contribution in [0.1, 0.15) is 17.2 Å². The summed E-state index contributed by atoms with van der Waals surface area (Å²) < 4.78 is 12.0. The molecule has 0 bridgehead atoms. The third-order valence-corrected chi connectivity index (χ3v) is 13.2. The van der Waals surface area contributed by atoms with Gasteiger partial charge in [0.05, 0.1) is 14.9 Å². The van der Waals surface area contributed by atoms with Crippen molar-refractivity contribution >= 4 is 60.3 Å². The molecule has 0 spiro atoms. The average Bonchev–Trinajstić information content (AvgIpc) is 2.77. The SMILES string of the molecule is O=CNC1S[C@H]2OC(=O)N2S(C(=O)OC(c2ccccc2)c2ccccc2)=S1CCl. The van der Waals surface area contributed by atoms with E-state index in [-0.39, 0.29) is 5.21 Å². The Morgan fingerprint density at radius 3 is 2.30 bits per heavy atom. The highest BCUT2D eigenvalue weighted by Crippen LogP contribution is 2.40. The Bertz CT molecular complexity index is 953. The molecule has 1 saturated heterocycles. The largest absolute Gasteiger partial charge is 0.443 e. The van der Waals surface area contributed by atoms with Crippen LogP contribution in [0, 0.1) is 0 Å². The van der Waals surface area contributed by atoms with Crippen molar-refractivity contribution in [3.05, 3.63) is 71.8 Å². The summed E-state index contributed by atoms with van der Waals surface area (Å²) in [4.78, 5) is 36.5. The van der Waals surface area contributed by atoms with Crippen LogP contribution in [-0.4, -0.2) is 37.6 Å². The Morgan fingerprint density at radius 1 is 1.20 bits per heavy atom. The van der Waals surface area contributed by atoms with E-state index in [1.165, 1.54) is 16.1 Å². The minimum absolute atomic E-state index is 0.0918. The van der Waals surface area contributed by atoms with E-state index in [2.05, 4.69) is 5.32 Å². The zero-order valence-corrected chi connectivity index (χ0v) is 18.6. The zero-order valence-electron chi connectivity index (χ0n) is 15.4. The summed E-state index contributed by atoms with van der Waals surface area (Å²) in [5.74, 6) is 0. The molecule has 0 radical (unpaired) electrons. The molecule has 2 amide bonds. The van der Waals surface area contributed by atoms with Gasteiger partial charge in [0, 0.05) is 0 Å². The van der Waals surface area contributed by atoms with Gasteiger partial charge < -0.3 is 14.8 Å². The van der Waals surface area contributed by atoms with Gasteiger partial charge in [-0.05, 0) is 11.1 Å². The van der Waals surface area contributed by atoms with Gasteiger partial charge in [0.2, 0.25) is 12.0 Å². The summed E-state index contributed by atoms with van der Waals surface area (Å²) >= 11 is 7.41. The molecular formula is C19H17ClN2O5S3. The summed E-state index contributed by atoms with van der Waals surface area (Å²) in [5, 5.41) is 2.21. The first-order chi connectivity index (χ1) is 14.6. The smallest absolute Gasteiger partial charge is 0.426 e. The van der Waals surface area contributed by atoms with Gasteiger partial charge in [-0.1, -0.05) is 81.9 Å². The summed E-state index contributed by atoms with van der Waals surface area (Å²) in [6, 6.07) is 18.8. The van der Waals surface area contributed by atoms with Crippen molar-refractivity contribution in [1.82, 2.24) is 9.62 Å². The van der Waals surface area contributed by atoms with Crippen molar-refractivity contribution in [3.63, 3.8) is 0 Å². The molecule has 2 aromatic carbocycles. The third kappa shape index (κ3) is 4.09. The lowest BCUT2D eigenvalue weighted by Gasteiger charge is -2.45. The molecular weight excluding hydrogens is 468 g/mol. The Balaban J connectivity index is 1.71. The second kappa shape index (κ2) is 9.42. The standard InChI is InChI=1S/C19H17ClN2O5S3/c20-11-29-16(21-12-23)28-18-22(17(24)27-18)30(29)19(25)26-15(13-7-3-1-4-8-13)14-9-5-2-6-10-14/h1-10,12,15-16,18H,11H2,(H,21,23)/t16?,18-,29?,30?/m1/s1. The van der Waals surface area contributed by atoms with Crippen LogP contribution >= 0.6 is 23.4 Å². The van der Waals surface area contributed by atoms with Crippen LogP contribution in [0.25, 0.3) is 0 Å². The van der Waals surface area contributed by atoms with Crippen molar-refractivity contribution in [2.45, 2.75) is 16.4 Å². The van der Waals surface area contributed by atoms with Gasteiger partial charge in [0.25, 0.3) is 0 Å². The van der Waals surface area contributed by atoms with E-state index in [0.29, 0.717) is 6.41 Å². The number of nitrogens with zero attached hydrogens (tertiary/aromatic N) is 1. The fourth-order valence-electron chi connectivity index (χ4n) is 2.96. The minimum Gasteiger partial charge on any atom is -0.443 e. The first-order valence-electron chi connectivity index (χ1n) is 8.80. The monoisotopic (exact) mass is 484 g/mol. The topological polar surface area (TPSA) is 84.9 Å². The molecule has 0 aliphatic carbocycles. The molecule has 11 heteroatoms. The molecule has 0 saturated carbocycles. The lowest BCUT2D eigenvalue weighted by molar-refractivity contribution is -0.109. The first-order valence-corrected chi connectivity index (χ1v) is 13.4. The number of thioether (sulfide) groups is 1. The van der Waals surface area contributed by atoms with Gasteiger partial charge in [-0.25, -0.2) is 9.59 Å². The second-order valence-corrected chi connectivity index (χ2v) is 13.1. The normalized spacial score (nSPS) is 25.0. The van der Waals surface area contributed by atoms with Gasteiger partial charge in [-0.2, -0.15) is 4.31 Å². The van der Waals surface area contributed by atoms with Crippen molar-refractivity contribution < 1.29 is 23.9 Å². The fourth-order valence-corrected chi connectivity index (χ4v) is 11.9. The number of fused-ring (bicyclic) bond motifs is 1. The van der Waals surface area contributed by atoms with E-state index in [1.807, 2.05) is 60.7 Å². The molecule has 0 aromatic heterocycles. The van der Waals surface area contributed by atoms with Crippen molar-refractivity contribution in [3.8, 4) is 0 Å². The van der Waals surface area contributed by atoms with E-state index in [1.54, 1.807) is 0 Å². The number of alkyl halides is 1. The van der Waals surface area contributed by atoms with Crippen LogP contribution in [0.4, 0.5) is 9.59 Å². The van der Waals surface area contributed by atoms with Crippen molar-refractivity contribution in [1.29, 1.82) is 0 Å². The van der Waals surface area contributed by atoms with Gasteiger partial charge in [0.15, 0.2) is 6.10 Å². The van der Waals surface area contributed by atoms with Gasteiger partial charge >= 0.3 is 11.4 Å². The predicted molar refractivity (Wildman–Crippen MR) is 119 cm³/mol. The highest BCUT2D eigenvalue weighted by molar-refractivity contribution is 8.53. The zero-order chi connectivity index (χ0) is 21.1. The molecule has 2 heterocycles.